The standard InChI is InChI=1S/C23H25N5O3/c1-26(16-18-9-5-6-12-24-18)23(29)20-11-10-19(28(30)31)15-21(20)27-14-13-25-22(27)17-7-3-2-4-8-17/h5-6,9-15,17H,2-4,7-8,16H2,1H3. The van der Waals surface area contributed by atoms with Crippen molar-refractivity contribution in [2.45, 2.75) is 44.6 Å². The molecule has 2 heterocycles. The molecule has 31 heavy (non-hydrogen) atoms. The van der Waals surface area contributed by atoms with Crippen LogP contribution in [0.4, 0.5) is 5.69 Å². The molecule has 0 saturated heterocycles. The molecule has 0 spiro atoms. The van der Waals surface area contributed by atoms with Crippen molar-refractivity contribution in [3.63, 3.8) is 0 Å². The van der Waals surface area contributed by atoms with Crippen LogP contribution in [0.5, 0.6) is 0 Å². The van der Waals surface area contributed by atoms with E-state index in [1.54, 1.807) is 30.5 Å². The normalized spacial score (nSPS) is 14.4. The molecule has 3 aromatic rings. The molecule has 1 aliphatic rings. The Labute approximate surface area is 180 Å². The summed E-state index contributed by atoms with van der Waals surface area (Å²) in [6.45, 7) is 0.343. The maximum atomic E-state index is 13.3. The van der Waals surface area contributed by atoms with Gasteiger partial charge in [0.1, 0.15) is 5.82 Å². The highest BCUT2D eigenvalue weighted by atomic mass is 16.6. The van der Waals surface area contributed by atoms with E-state index >= 15 is 0 Å². The molecule has 1 amide bonds. The molecule has 2 aromatic heterocycles. The Bertz CT molecular complexity index is 1070. The van der Waals surface area contributed by atoms with Crippen LogP contribution >= 0.6 is 0 Å². The third-order valence-corrected chi connectivity index (χ3v) is 5.79. The first-order valence-electron chi connectivity index (χ1n) is 10.5. The molecule has 0 bridgehead atoms. The minimum Gasteiger partial charge on any atom is -0.336 e. The molecule has 0 unspecified atom stereocenters. The van der Waals surface area contributed by atoms with Gasteiger partial charge in [-0.3, -0.25) is 19.9 Å². The average Bonchev–Trinajstić information content (AvgIpc) is 3.29. The van der Waals surface area contributed by atoms with Crippen LogP contribution in [-0.4, -0.2) is 37.3 Å². The number of non-ortho nitro benzene ring substituents is 1. The Morgan fingerprint density at radius 1 is 1.16 bits per heavy atom. The van der Waals surface area contributed by atoms with Gasteiger partial charge < -0.3 is 9.47 Å². The van der Waals surface area contributed by atoms with Gasteiger partial charge in [0.2, 0.25) is 0 Å². The van der Waals surface area contributed by atoms with Crippen molar-refractivity contribution in [3.8, 4) is 5.69 Å². The lowest BCUT2D eigenvalue weighted by Gasteiger charge is -2.24. The van der Waals surface area contributed by atoms with Crippen LogP contribution in [0.15, 0.2) is 55.0 Å². The number of amides is 1. The summed E-state index contributed by atoms with van der Waals surface area (Å²) in [4.78, 5) is 34.7. The fraction of sp³-hybridized carbons (Fsp3) is 0.348. The van der Waals surface area contributed by atoms with Crippen molar-refractivity contribution >= 4 is 11.6 Å². The summed E-state index contributed by atoms with van der Waals surface area (Å²) < 4.78 is 1.85. The van der Waals surface area contributed by atoms with Gasteiger partial charge in [-0.15, -0.1) is 0 Å². The Kier molecular flexibility index (Phi) is 6.06. The highest BCUT2D eigenvalue weighted by molar-refractivity contribution is 5.98. The summed E-state index contributed by atoms with van der Waals surface area (Å²) in [5.74, 6) is 0.928. The number of rotatable bonds is 6. The largest absolute Gasteiger partial charge is 0.336 e. The molecule has 1 aromatic carbocycles. The van der Waals surface area contributed by atoms with Gasteiger partial charge in [-0.2, -0.15) is 0 Å². The highest BCUT2D eigenvalue weighted by Crippen LogP contribution is 2.34. The summed E-state index contributed by atoms with van der Waals surface area (Å²) in [5, 5.41) is 11.4. The summed E-state index contributed by atoms with van der Waals surface area (Å²) in [6.07, 6.45) is 10.8. The van der Waals surface area contributed by atoms with Gasteiger partial charge in [0, 0.05) is 43.7 Å². The van der Waals surface area contributed by atoms with Crippen molar-refractivity contribution in [2.75, 3.05) is 7.05 Å². The Morgan fingerprint density at radius 3 is 2.68 bits per heavy atom. The maximum Gasteiger partial charge on any atom is 0.271 e. The van der Waals surface area contributed by atoms with Crippen molar-refractivity contribution in [3.05, 3.63) is 82.2 Å². The Morgan fingerprint density at radius 2 is 1.97 bits per heavy atom. The van der Waals surface area contributed by atoms with Gasteiger partial charge in [-0.25, -0.2) is 4.98 Å². The number of carbonyl (C=O) groups is 1. The van der Waals surface area contributed by atoms with Crippen LogP contribution in [0.1, 0.15) is 59.9 Å². The van der Waals surface area contributed by atoms with Crippen LogP contribution in [0.2, 0.25) is 0 Å². The number of pyridine rings is 1. The molecule has 0 N–H and O–H groups in total. The molecule has 160 valence electrons. The number of nitro benzene ring substituents is 1. The monoisotopic (exact) mass is 419 g/mol. The van der Waals surface area contributed by atoms with E-state index in [1.165, 1.54) is 24.6 Å². The molecule has 0 aliphatic heterocycles. The zero-order chi connectivity index (χ0) is 21.8. The molecular weight excluding hydrogens is 394 g/mol. The number of nitrogens with zero attached hydrogens (tertiary/aromatic N) is 5. The van der Waals surface area contributed by atoms with Gasteiger partial charge in [0.05, 0.1) is 28.4 Å². The lowest BCUT2D eigenvalue weighted by atomic mass is 9.88. The average molecular weight is 419 g/mol. The second kappa shape index (κ2) is 9.07. The van der Waals surface area contributed by atoms with Crippen molar-refractivity contribution in [2.24, 2.45) is 0 Å². The van der Waals surface area contributed by atoms with Crippen molar-refractivity contribution in [1.29, 1.82) is 0 Å². The molecule has 8 nitrogen and oxygen atoms in total. The summed E-state index contributed by atoms with van der Waals surface area (Å²) >= 11 is 0. The van der Waals surface area contributed by atoms with Gasteiger partial charge in [-0.1, -0.05) is 25.3 Å². The van der Waals surface area contributed by atoms with Crippen LogP contribution in [0, 0.1) is 10.1 Å². The summed E-state index contributed by atoms with van der Waals surface area (Å²) in [5.41, 5.74) is 1.61. The molecule has 1 aliphatic carbocycles. The van der Waals surface area contributed by atoms with Gasteiger partial charge in [-0.05, 0) is 31.0 Å². The molecule has 0 radical (unpaired) electrons. The number of hydrogen-bond donors (Lipinski definition) is 0. The lowest BCUT2D eigenvalue weighted by Crippen LogP contribution is -2.28. The number of nitro groups is 1. The molecular formula is C23H25N5O3. The summed E-state index contributed by atoms with van der Waals surface area (Å²) in [7, 11) is 1.71. The van der Waals surface area contributed by atoms with Crippen molar-refractivity contribution < 1.29 is 9.72 Å². The smallest absolute Gasteiger partial charge is 0.271 e. The Balaban J connectivity index is 1.72. The predicted octanol–water partition coefficient (Wildman–Crippen LogP) is 4.50. The van der Waals surface area contributed by atoms with Crippen LogP contribution in [-0.2, 0) is 6.54 Å². The molecule has 8 heteroatoms. The molecule has 4 rings (SSSR count). The number of imidazole rings is 1. The van der Waals surface area contributed by atoms with Gasteiger partial charge in [0.15, 0.2) is 0 Å². The van der Waals surface area contributed by atoms with E-state index in [1.807, 2.05) is 22.8 Å². The number of hydrogen-bond acceptors (Lipinski definition) is 5. The van der Waals surface area contributed by atoms with E-state index < -0.39 is 4.92 Å². The second-order valence-electron chi connectivity index (χ2n) is 7.93. The number of aromatic nitrogens is 3. The lowest BCUT2D eigenvalue weighted by molar-refractivity contribution is -0.384. The SMILES string of the molecule is CN(Cc1ccccn1)C(=O)c1ccc([N+](=O)[O-])cc1-n1ccnc1C1CCCCC1. The minimum atomic E-state index is -0.438. The predicted molar refractivity (Wildman–Crippen MR) is 116 cm³/mol. The number of benzene rings is 1. The first-order chi connectivity index (χ1) is 15.0. The number of carbonyl (C=O) groups excluding carboxylic acids is 1. The fourth-order valence-corrected chi connectivity index (χ4v) is 4.21. The van der Waals surface area contributed by atoms with E-state index in [4.69, 9.17) is 0 Å². The van der Waals surface area contributed by atoms with Gasteiger partial charge in [0.25, 0.3) is 11.6 Å². The van der Waals surface area contributed by atoms with Crippen LogP contribution in [0.3, 0.4) is 0 Å². The third-order valence-electron chi connectivity index (χ3n) is 5.79. The third kappa shape index (κ3) is 4.47. The maximum absolute atomic E-state index is 13.3. The second-order valence-corrected chi connectivity index (χ2v) is 7.93. The molecule has 1 fully saturated rings. The summed E-state index contributed by atoms with van der Waals surface area (Å²) in [6, 6.07) is 9.94. The first-order valence-corrected chi connectivity index (χ1v) is 10.5. The molecule has 0 atom stereocenters. The first kappa shape index (κ1) is 20.7. The molecule has 1 saturated carbocycles. The van der Waals surface area contributed by atoms with E-state index in [0.717, 1.165) is 37.2 Å². The van der Waals surface area contributed by atoms with Crippen LogP contribution in [0.25, 0.3) is 5.69 Å². The van der Waals surface area contributed by atoms with E-state index in [9.17, 15) is 14.9 Å². The minimum absolute atomic E-state index is 0.0535. The van der Waals surface area contributed by atoms with E-state index in [0.29, 0.717) is 17.8 Å². The topological polar surface area (TPSA) is 94.2 Å². The quantitative estimate of drug-likeness (QED) is 0.433. The van der Waals surface area contributed by atoms with E-state index in [-0.39, 0.29) is 17.5 Å². The highest BCUT2D eigenvalue weighted by Gasteiger charge is 2.25. The van der Waals surface area contributed by atoms with Crippen LogP contribution < -0.4 is 0 Å². The van der Waals surface area contributed by atoms with Gasteiger partial charge >= 0.3 is 0 Å². The zero-order valence-corrected chi connectivity index (χ0v) is 17.5. The zero-order valence-electron chi connectivity index (χ0n) is 17.5. The fourth-order valence-electron chi connectivity index (χ4n) is 4.21. The van der Waals surface area contributed by atoms with E-state index in [2.05, 4.69) is 9.97 Å². The Hall–Kier alpha value is -3.55. The van der Waals surface area contributed by atoms with Crippen molar-refractivity contribution in [1.82, 2.24) is 19.4 Å².